The summed E-state index contributed by atoms with van der Waals surface area (Å²) in [4.78, 5) is 0. The Morgan fingerprint density at radius 3 is 1.21 bits per heavy atom. The van der Waals surface area contributed by atoms with Gasteiger partial charge in [0.15, 0.2) is 37.7 Å². The number of hydrogen-bond donors (Lipinski definition) is 18. The third-order valence-corrected chi connectivity index (χ3v) is 15.4. The topological polar surface area (TPSA) is 493 Å². The van der Waals surface area contributed by atoms with Crippen molar-refractivity contribution < 1.29 is 158 Å². The van der Waals surface area contributed by atoms with E-state index in [1.807, 2.05) is 0 Å². The van der Waals surface area contributed by atoms with E-state index >= 15 is 0 Å². The summed E-state index contributed by atoms with van der Waals surface area (Å²) in [6.45, 7) is -1.47. The lowest BCUT2D eigenvalue weighted by molar-refractivity contribution is -0.438. The molecule has 7 fully saturated rings. The molecule has 0 aromatic heterocycles. The zero-order valence-corrected chi connectivity index (χ0v) is 42.3. The summed E-state index contributed by atoms with van der Waals surface area (Å²) in [5.74, 6) is -2.68. The lowest BCUT2D eigenvalue weighted by atomic mass is 9.88. The molecule has 13 unspecified atom stereocenters. The molecular formula is C45H78O32. The van der Waals surface area contributed by atoms with Crippen molar-refractivity contribution in [2.24, 2.45) is 17.8 Å². The number of aliphatic hydroxyl groups is 18. The molecule has 7 rings (SSSR count). The Balaban J connectivity index is 1.10. The van der Waals surface area contributed by atoms with E-state index in [1.165, 1.54) is 13.8 Å². The van der Waals surface area contributed by atoms with E-state index in [-0.39, 0.29) is 0 Å². The maximum absolute atomic E-state index is 11.8. The molecule has 0 aromatic carbocycles. The molecule has 0 bridgehead atoms. The van der Waals surface area contributed by atoms with Crippen molar-refractivity contribution in [2.75, 3.05) is 46.2 Å². The van der Waals surface area contributed by atoms with Crippen LogP contribution in [-0.4, -0.2) is 329 Å². The quantitative estimate of drug-likeness (QED) is 0.0571. The van der Waals surface area contributed by atoms with Crippen LogP contribution in [0.1, 0.15) is 27.7 Å². The molecule has 18 N–H and O–H groups in total. The van der Waals surface area contributed by atoms with E-state index in [0.717, 1.165) is 0 Å². The predicted molar refractivity (Wildman–Crippen MR) is 240 cm³/mol. The molecule has 77 heavy (non-hydrogen) atoms. The number of hydrogen-bond acceptors (Lipinski definition) is 32. The van der Waals surface area contributed by atoms with Gasteiger partial charge in [-0.05, 0) is 6.92 Å². The van der Waals surface area contributed by atoms with Gasteiger partial charge in [-0.15, -0.1) is 0 Å². The first-order valence-corrected chi connectivity index (χ1v) is 25.5. The average molecular weight is 1130 g/mol. The van der Waals surface area contributed by atoms with Gasteiger partial charge in [0.2, 0.25) is 0 Å². The first-order valence-electron chi connectivity index (χ1n) is 25.5. The Bertz CT molecular complexity index is 1780. The fourth-order valence-corrected chi connectivity index (χ4v) is 10.3. The fraction of sp³-hybridized carbons (Fsp3) is 1.00. The van der Waals surface area contributed by atoms with Gasteiger partial charge in [0.25, 0.3) is 6.48 Å². The molecule has 450 valence electrons. The maximum Gasteiger partial charge on any atom is 0.274 e. The molecule has 32 heteroatoms. The van der Waals surface area contributed by atoms with Crippen LogP contribution in [0.3, 0.4) is 0 Å². The van der Waals surface area contributed by atoms with Gasteiger partial charge in [0, 0.05) is 17.8 Å². The van der Waals surface area contributed by atoms with E-state index in [4.69, 9.17) is 66.3 Å². The van der Waals surface area contributed by atoms with Crippen LogP contribution in [0.2, 0.25) is 0 Å². The minimum atomic E-state index is -2.11. The van der Waals surface area contributed by atoms with E-state index in [1.54, 1.807) is 13.8 Å². The van der Waals surface area contributed by atoms with Crippen LogP contribution in [-0.2, 0) is 66.3 Å². The van der Waals surface area contributed by atoms with Crippen LogP contribution in [0.15, 0.2) is 0 Å². The van der Waals surface area contributed by atoms with Gasteiger partial charge in [-0.3, -0.25) is 4.74 Å². The van der Waals surface area contributed by atoms with Gasteiger partial charge in [0.1, 0.15) is 122 Å². The van der Waals surface area contributed by atoms with Crippen LogP contribution in [0, 0.1) is 17.8 Å². The molecule has 0 saturated carbocycles. The predicted octanol–water partition coefficient (Wildman–Crippen LogP) is -10.8. The second kappa shape index (κ2) is 27.4. The average Bonchev–Trinajstić information content (AvgIpc) is 3.42. The number of ether oxygens (including phenoxy) is 14. The minimum Gasteiger partial charge on any atom is -0.394 e. The van der Waals surface area contributed by atoms with Crippen molar-refractivity contribution in [3.05, 3.63) is 0 Å². The normalized spacial score (nSPS) is 53.1. The number of aliphatic hydroxyl groups excluding tert-OH is 18. The lowest BCUT2D eigenvalue weighted by Crippen LogP contribution is -2.66. The second-order valence-corrected chi connectivity index (χ2v) is 20.5. The van der Waals surface area contributed by atoms with Crippen LogP contribution >= 0.6 is 0 Å². The van der Waals surface area contributed by atoms with Crippen molar-refractivity contribution >= 4 is 0 Å². The van der Waals surface area contributed by atoms with Crippen molar-refractivity contribution in [1.29, 1.82) is 0 Å². The lowest BCUT2D eigenvalue weighted by Gasteiger charge is -2.50. The first kappa shape index (κ1) is 63.3. The van der Waals surface area contributed by atoms with Crippen LogP contribution < -0.4 is 0 Å². The molecular weight excluding hydrogens is 1050 g/mol. The third kappa shape index (κ3) is 13.4. The molecule has 7 saturated heterocycles. The van der Waals surface area contributed by atoms with Crippen molar-refractivity contribution in [1.82, 2.24) is 0 Å². The molecule has 32 nitrogen and oxygen atoms in total. The Morgan fingerprint density at radius 1 is 0.286 bits per heavy atom. The minimum absolute atomic E-state index is 0.456. The summed E-state index contributed by atoms with van der Waals surface area (Å²) >= 11 is 0. The summed E-state index contributed by atoms with van der Waals surface area (Å²) in [7, 11) is 0. The van der Waals surface area contributed by atoms with Gasteiger partial charge in [-0.1, -0.05) is 20.8 Å². The summed E-state index contributed by atoms with van der Waals surface area (Å²) in [5, 5.41) is 193. The zero-order chi connectivity index (χ0) is 56.5. The largest absolute Gasteiger partial charge is 0.394 e. The highest BCUT2D eigenvalue weighted by atomic mass is 16.9. The van der Waals surface area contributed by atoms with Crippen molar-refractivity contribution in [3.8, 4) is 0 Å². The summed E-state index contributed by atoms with van der Waals surface area (Å²) < 4.78 is 81.4. The molecule has 34 atom stereocenters. The van der Waals surface area contributed by atoms with Gasteiger partial charge >= 0.3 is 0 Å². The van der Waals surface area contributed by atoms with Crippen molar-refractivity contribution in [2.45, 2.75) is 218 Å². The van der Waals surface area contributed by atoms with E-state index in [0.29, 0.717) is 0 Å². The second-order valence-electron chi connectivity index (χ2n) is 20.5. The van der Waals surface area contributed by atoms with Gasteiger partial charge in [0.05, 0.1) is 70.7 Å². The summed E-state index contributed by atoms with van der Waals surface area (Å²) in [6, 6.07) is 0. The summed E-state index contributed by atoms with van der Waals surface area (Å²) in [6.07, 6.45) is -49.1. The van der Waals surface area contributed by atoms with Gasteiger partial charge in [-0.25, -0.2) is 0 Å². The molecule has 7 heterocycles. The molecule has 0 aliphatic carbocycles. The van der Waals surface area contributed by atoms with E-state index in [2.05, 4.69) is 0 Å². The highest BCUT2D eigenvalue weighted by Gasteiger charge is 2.57. The molecule has 0 aromatic rings. The number of rotatable bonds is 19. The molecule has 7 aliphatic rings. The van der Waals surface area contributed by atoms with Crippen LogP contribution in [0.5, 0.6) is 0 Å². The Hall–Kier alpha value is -1.28. The van der Waals surface area contributed by atoms with Gasteiger partial charge in [-0.2, -0.15) is 0 Å². The highest BCUT2D eigenvalue weighted by molar-refractivity contribution is 4.99. The first-order chi connectivity index (χ1) is 36.5. The Labute approximate surface area is 440 Å². The smallest absolute Gasteiger partial charge is 0.274 e. The van der Waals surface area contributed by atoms with E-state index in [9.17, 15) is 91.9 Å². The van der Waals surface area contributed by atoms with Gasteiger partial charge < -0.3 is 153 Å². The Kier molecular flexibility index (Phi) is 22.5. The molecule has 7 aliphatic heterocycles. The van der Waals surface area contributed by atoms with Crippen molar-refractivity contribution in [3.63, 3.8) is 0 Å². The maximum atomic E-state index is 11.8. The third-order valence-electron chi connectivity index (χ3n) is 15.4. The SMILES string of the molecule is CC1C(O)[C@H](O[C@@H]2OC(CO)[C@H](O)C(O)[C@@H]2O)[C@H](CO)O[C@H]1O[C@@H]1C(O)[C@H](O)C(CO)O[C@@H]1OCC1O[C@@H](O[C@@H]2C(CO)O[C@@H](O[C@@H]3C(CO)O[C@@H](C)[C@@H](C)C3O)[C@@H](C)C2O)[C@H](O)C(O[C@@H]2OC(O)[C@H](O)[C@@H](CO)O2)[C@@H]1O. The standard InChI is InChI=1S/C45H78O32/c1-12-15(4)65-19(8-49)34(23(12)52)72-40-13(2)24(53)36(21(10-51)68-40)74-43-33(62)37(76-45-71-18(7-48)29(58)39(63)77-45)28(57)22(70-43)11-64-44-38(31(60)27(56)17(6-47)67-44)75-41-14(3)25(54)35(20(9-50)69-41)73-42-32(61)30(59)26(55)16(5-46)66-42/h12-63H,5-11H2,1-4H3/t12-,13+,14?,15+,16?,17?,18-,19?,20+,21?,22?,23?,24?,25?,26+,27-,28-,29-,30?,31?,32+,33-,34-,35-,36-,37?,38-,39?,40+,41+,42+,43+,44+,45-/m1/s1. The fourth-order valence-electron chi connectivity index (χ4n) is 10.3. The van der Waals surface area contributed by atoms with E-state index < -0.39 is 255 Å². The van der Waals surface area contributed by atoms with Crippen LogP contribution in [0.25, 0.3) is 0 Å². The highest BCUT2D eigenvalue weighted by Crippen LogP contribution is 2.39. The van der Waals surface area contributed by atoms with Crippen LogP contribution in [0.4, 0.5) is 0 Å². The monoisotopic (exact) mass is 1130 g/mol. The molecule has 0 radical (unpaired) electrons. The molecule has 0 spiro atoms. The zero-order valence-electron chi connectivity index (χ0n) is 42.3. The molecule has 0 amide bonds. The Morgan fingerprint density at radius 2 is 0.688 bits per heavy atom. The summed E-state index contributed by atoms with van der Waals surface area (Å²) in [5.41, 5.74) is 0.